The highest BCUT2D eigenvalue weighted by molar-refractivity contribution is 7.84. The third kappa shape index (κ3) is 5.13. The number of nitrogens with one attached hydrogen (secondary N) is 1. The Morgan fingerprint density at radius 1 is 1.15 bits per heavy atom. The first-order valence-corrected chi connectivity index (χ1v) is 10.1. The number of aromatic nitrogens is 1. The number of aryl methyl sites for hydroxylation is 1. The van der Waals surface area contributed by atoms with Crippen LogP contribution in [0.4, 0.5) is 0 Å². The van der Waals surface area contributed by atoms with E-state index in [2.05, 4.69) is 9.71 Å². The van der Waals surface area contributed by atoms with E-state index in [1.54, 1.807) is 6.07 Å². The molecule has 26 heavy (non-hydrogen) atoms. The van der Waals surface area contributed by atoms with Crippen molar-refractivity contribution in [2.24, 2.45) is 0 Å². The highest BCUT2D eigenvalue weighted by Crippen LogP contribution is 2.31. The van der Waals surface area contributed by atoms with Crippen LogP contribution >= 0.6 is 11.6 Å². The smallest absolute Gasteiger partial charge is 0.130 e. The zero-order valence-electron chi connectivity index (χ0n) is 16.0. The van der Waals surface area contributed by atoms with Crippen LogP contribution in [0.1, 0.15) is 45.2 Å². The van der Waals surface area contributed by atoms with Gasteiger partial charge >= 0.3 is 0 Å². The number of hydrogen-bond donors (Lipinski definition) is 2. The van der Waals surface area contributed by atoms with E-state index >= 15 is 0 Å². The number of pyridine rings is 1. The fourth-order valence-electron chi connectivity index (χ4n) is 2.52. The minimum Gasteiger partial charge on any atom is -0.396 e. The third-order valence-corrected chi connectivity index (χ3v) is 6.21. The Morgan fingerprint density at radius 3 is 2.31 bits per heavy atom. The quantitative estimate of drug-likeness (QED) is 0.715. The van der Waals surface area contributed by atoms with Crippen LogP contribution in [0.25, 0.3) is 11.3 Å². The van der Waals surface area contributed by atoms with Crippen LogP contribution in [0, 0.1) is 6.92 Å². The van der Waals surface area contributed by atoms with E-state index in [9.17, 15) is 9.32 Å². The number of nitrogens with zero attached hydrogens (tertiary/aromatic N) is 1. The Hall–Kier alpha value is -1.27. The Bertz CT molecular complexity index is 787. The maximum Gasteiger partial charge on any atom is 0.130 e. The highest BCUT2D eigenvalue weighted by Gasteiger charge is 2.33. The van der Waals surface area contributed by atoms with Gasteiger partial charge in [0.1, 0.15) is 5.15 Å². The van der Waals surface area contributed by atoms with Crippen molar-refractivity contribution in [3.63, 3.8) is 0 Å². The molecule has 0 radical (unpaired) electrons. The molecule has 0 spiro atoms. The number of aliphatic hydroxyl groups is 1. The summed E-state index contributed by atoms with van der Waals surface area (Å²) < 4.78 is 15.4. The lowest BCUT2D eigenvalue weighted by Gasteiger charge is -2.33. The molecule has 2 N–H and O–H groups in total. The number of rotatable bonds is 6. The Balaban J connectivity index is 2.48. The molecule has 0 amide bonds. The van der Waals surface area contributed by atoms with E-state index in [4.69, 9.17) is 11.6 Å². The van der Waals surface area contributed by atoms with Crippen molar-refractivity contribution in [3.8, 4) is 11.3 Å². The van der Waals surface area contributed by atoms with E-state index in [0.29, 0.717) is 11.6 Å². The topological polar surface area (TPSA) is 62.2 Å². The summed E-state index contributed by atoms with van der Waals surface area (Å²) in [5.74, 6) is 0. The zero-order valence-corrected chi connectivity index (χ0v) is 17.5. The summed E-state index contributed by atoms with van der Waals surface area (Å²) in [6, 6.07) is 11.8. The van der Waals surface area contributed by atoms with E-state index in [1.807, 2.05) is 65.0 Å². The van der Waals surface area contributed by atoms with Crippen LogP contribution in [-0.4, -0.2) is 25.7 Å². The maximum atomic E-state index is 12.7. The first-order valence-electron chi connectivity index (χ1n) is 8.61. The van der Waals surface area contributed by atoms with Crippen LogP contribution in [-0.2, 0) is 16.5 Å². The summed E-state index contributed by atoms with van der Waals surface area (Å²) in [6.45, 7) is 9.65. The van der Waals surface area contributed by atoms with Crippen LogP contribution < -0.4 is 4.72 Å². The molecule has 2 rings (SSSR count). The lowest BCUT2D eigenvalue weighted by atomic mass is 9.89. The Morgan fingerprint density at radius 2 is 1.77 bits per heavy atom. The van der Waals surface area contributed by atoms with E-state index < -0.39 is 21.3 Å². The minimum atomic E-state index is -1.29. The van der Waals surface area contributed by atoms with Crippen molar-refractivity contribution >= 4 is 22.6 Å². The van der Waals surface area contributed by atoms with Crippen LogP contribution in [0.2, 0.25) is 5.15 Å². The SMILES string of the molecule is Cc1ccc(-c2cc(C(C)(CCO)NS(=O)C(C)(C)C)cc(Cl)n2)cc1. The normalized spacial score (nSPS) is 15.5. The summed E-state index contributed by atoms with van der Waals surface area (Å²) in [4.78, 5) is 4.43. The van der Waals surface area contributed by atoms with Gasteiger partial charge in [-0.3, -0.25) is 0 Å². The average molecular weight is 395 g/mol. The zero-order chi connectivity index (χ0) is 19.5. The van der Waals surface area contributed by atoms with E-state index in [1.165, 1.54) is 5.56 Å². The average Bonchev–Trinajstić information content (AvgIpc) is 2.54. The van der Waals surface area contributed by atoms with Gasteiger partial charge in [0.25, 0.3) is 0 Å². The first kappa shape index (κ1) is 21.0. The van der Waals surface area contributed by atoms with Crippen molar-refractivity contribution in [1.82, 2.24) is 9.71 Å². The maximum absolute atomic E-state index is 12.7. The fraction of sp³-hybridized carbons (Fsp3) is 0.450. The molecule has 0 aliphatic rings. The van der Waals surface area contributed by atoms with E-state index in [-0.39, 0.29) is 6.61 Å². The summed E-state index contributed by atoms with van der Waals surface area (Å²) in [7, 11) is -1.29. The highest BCUT2D eigenvalue weighted by atomic mass is 35.5. The van der Waals surface area contributed by atoms with Gasteiger partial charge in [0, 0.05) is 12.2 Å². The van der Waals surface area contributed by atoms with Gasteiger partial charge in [-0.1, -0.05) is 41.4 Å². The van der Waals surface area contributed by atoms with Crippen LogP contribution in [0.15, 0.2) is 36.4 Å². The van der Waals surface area contributed by atoms with Gasteiger partial charge in [-0.25, -0.2) is 13.9 Å². The van der Waals surface area contributed by atoms with Crippen molar-refractivity contribution in [1.29, 1.82) is 0 Å². The third-order valence-electron chi connectivity index (χ3n) is 4.26. The molecule has 0 saturated heterocycles. The molecule has 0 aliphatic carbocycles. The molecule has 2 aromatic rings. The molecular formula is C20H27ClN2O2S. The molecule has 142 valence electrons. The summed E-state index contributed by atoms with van der Waals surface area (Å²) in [5, 5.41) is 9.94. The van der Waals surface area contributed by atoms with Crippen LogP contribution in [0.5, 0.6) is 0 Å². The molecule has 2 atom stereocenters. The lowest BCUT2D eigenvalue weighted by Crippen LogP contribution is -2.46. The minimum absolute atomic E-state index is 0.0371. The molecule has 2 unspecified atom stereocenters. The summed E-state index contributed by atoms with van der Waals surface area (Å²) in [5.41, 5.74) is 3.03. The number of hydrogen-bond acceptors (Lipinski definition) is 3. The number of aliphatic hydroxyl groups excluding tert-OH is 1. The van der Waals surface area contributed by atoms with Gasteiger partial charge in [0.2, 0.25) is 0 Å². The Labute approximate surface area is 163 Å². The van der Waals surface area contributed by atoms with E-state index in [0.717, 1.165) is 16.8 Å². The number of benzene rings is 1. The molecule has 0 saturated carbocycles. The first-order chi connectivity index (χ1) is 12.0. The predicted molar refractivity (Wildman–Crippen MR) is 110 cm³/mol. The molecule has 0 aliphatic heterocycles. The van der Waals surface area contributed by atoms with Gasteiger partial charge in [-0.05, 0) is 58.7 Å². The molecule has 1 aromatic heterocycles. The largest absolute Gasteiger partial charge is 0.396 e. The lowest BCUT2D eigenvalue weighted by molar-refractivity contribution is 0.238. The van der Waals surface area contributed by atoms with Gasteiger partial charge in [0.15, 0.2) is 0 Å². The monoisotopic (exact) mass is 394 g/mol. The van der Waals surface area contributed by atoms with Crippen molar-refractivity contribution in [3.05, 3.63) is 52.7 Å². The second-order valence-electron chi connectivity index (χ2n) is 7.72. The molecule has 0 fully saturated rings. The molecule has 6 heteroatoms. The second-order valence-corrected chi connectivity index (χ2v) is 10.1. The Kier molecular flexibility index (Phi) is 6.61. The fourth-order valence-corrected chi connectivity index (χ4v) is 3.67. The van der Waals surface area contributed by atoms with Gasteiger partial charge in [-0.15, -0.1) is 0 Å². The van der Waals surface area contributed by atoms with Crippen molar-refractivity contribution in [2.75, 3.05) is 6.61 Å². The molecule has 1 heterocycles. The second kappa shape index (κ2) is 8.17. The molecule has 1 aromatic carbocycles. The standard InChI is InChI=1S/C20H27ClN2O2S/c1-14-6-8-15(9-7-14)17-12-16(13-18(21)22-17)20(5,10-11-24)23-26(25)19(2,3)4/h6-9,12-13,23-24H,10-11H2,1-5H3. The number of halogens is 1. The molecular weight excluding hydrogens is 368 g/mol. The van der Waals surface area contributed by atoms with Gasteiger partial charge < -0.3 is 5.11 Å². The molecule has 4 nitrogen and oxygen atoms in total. The predicted octanol–water partition coefficient (Wildman–Crippen LogP) is 4.36. The van der Waals surface area contributed by atoms with Crippen LogP contribution in [0.3, 0.4) is 0 Å². The van der Waals surface area contributed by atoms with Crippen molar-refractivity contribution < 1.29 is 9.32 Å². The summed E-state index contributed by atoms with van der Waals surface area (Å²) >= 11 is 6.29. The van der Waals surface area contributed by atoms with Crippen molar-refractivity contribution in [2.45, 2.75) is 51.3 Å². The molecule has 0 bridgehead atoms. The summed E-state index contributed by atoms with van der Waals surface area (Å²) in [6.07, 6.45) is 0.405. The van der Waals surface area contributed by atoms with Gasteiger partial charge in [0.05, 0.1) is 27.0 Å². The van der Waals surface area contributed by atoms with Gasteiger partial charge in [-0.2, -0.15) is 0 Å².